The number of amides is 1. The van der Waals surface area contributed by atoms with Crippen LogP contribution in [0.5, 0.6) is 5.75 Å². The molecule has 2 aromatic heterocycles. The number of anilines is 1. The lowest BCUT2D eigenvalue weighted by molar-refractivity contribution is -0.133. The second kappa shape index (κ2) is 11.8. The van der Waals surface area contributed by atoms with Crippen LogP contribution in [0.25, 0.3) is 16.7 Å². The molecule has 0 N–H and O–H groups in total. The quantitative estimate of drug-likeness (QED) is 0.250. The van der Waals surface area contributed by atoms with Crippen LogP contribution in [0.2, 0.25) is 5.02 Å². The number of hydrogen-bond acceptors (Lipinski definition) is 6. The van der Waals surface area contributed by atoms with Gasteiger partial charge in [0.1, 0.15) is 23.2 Å². The Bertz CT molecular complexity index is 1710. The van der Waals surface area contributed by atoms with E-state index in [0.717, 1.165) is 28.1 Å². The van der Waals surface area contributed by atoms with E-state index in [4.69, 9.17) is 31.4 Å². The summed E-state index contributed by atoms with van der Waals surface area (Å²) in [6, 6.07) is 21.5. The van der Waals surface area contributed by atoms with Crippen LogP contribution in [0.4, 0.5) is 10.2 Å². The third kappa shape index (κ3) is 5.92. The highest BCUT2D eigenvalue weighted by molar-refractivity contribution is 6.30. The van der Waals surface area contributed by atoms with Gasteiger partial charge in [0.05, 0.1) is 16.8 Å². The Kier molecular flexibility index (Phi) is 7.75. The molecular formula is C32H30ClFN6O2. The van der Waals surface area contributed by atoms with Crippen molar-refractivity contribution in [3.8, 4) is 11.4 Å². The fourth-order valence-corrected chi connectivity index (χ4v) is 5.23. The first-order valence-corrected chi connectivity index (χ1v) is 14.2. The predicted octanol–water partition coefficient (Wildman–Crippen LogP) is 5.54. The van der Waals surface area contributed by atoms with E-state index in [9.17, 15) is 9.18 Å². The number of rotatable bonds is 7. The van der Waals surface area contributed by atoms with E-state index in [2.05, 4.69) is 36.1 Å². The standard InChI is InChI=1S/C32H30ClFN6O2/c1-21-3-5-23(6-4-21)19-28-35-31(30-22(2)37-40(32(30)36-28)26-11-9-25(34)10-12-26)39-17-15-38(16-18-39)29(41)20-42-27-13-7-24(33)8-14-27/h3-14H,15-20H2,1-2H3. The first kappa shape index (κ1) is 27.7. The summed E-state index contributed by atoms with van der Waals surface area (Å²) in [7, 11) is 0. The molecule has 1 aliphatic rings. The molecule has 0 spiro atoms. The summed E-state index contributed by atoms with van der Waals surface area (Å²) in [5.74, 6) is 1.67. The van der Waals surface area contributed by atoms with Crippen LogP contribution in [-0.2, 0) is 11.2 Å². The highest BCUT2D eigenvalue weighted by atomic mass is 35.5. The van der Waals surface area contributed by atoms with Crippen molar-refractivity contribution in [2.75, 3.05) is 37.7 Å². The van der Waals surface area contributed by atoms with Gasteiger partial charge in [0, 0.05) is 37.6 Å². The highest BCUT2D eigenvalue weighted by Crippen LogP contribution is 2.30. The van der Waals surface area contributed by atoms with Crippen molar-refractivity contribution in [1.82, 2.24) is 24.6 Å². The zero-order valence-corrected chi connectivity index (χ0v) is 24.2. The van der Waals surface area contributed by atoms with Gasteiger partial charge in [0.15, 0.2) is 12.3 Å². The number of fused-ring (bicyclic) bond motifs is 1. The van der Waals surface area contributed by atoms with Gasteiger partial charge in [-0.3, -0.25) is 4.79 Å². The number of carbonyl (C=O) groups is 1. The molecule has 8 nitrogen and oxygen atoms in total. The van der Waals surface area contributed by atoms with Crippen LogP contribution in [-0.4, -0.2) is 63.3 Å². The minimum Gasteiger partial charge on any atom is -0.484 e. The molecule has 1 aliphatic heterocycles. The molecule has 0 unspecified atom stereocenters. The molecule has 0 radical (unpaired) electrons. The van der Waals surface area contributed by atoms with E-state index < -0.39 is 0 Å². The first-order valence-electron chi connectivity index (χ1n) is 13.8. The maximum Gasteiger partial charge on any atom is 0.260 e. The van der Waals surface area contributed by atoms with Crippen molar-refractivity contribution in [2.24, 2.45) is 0 Å². The second-order valence-corrected chi connectivity index (χ2v) is 10.8. The van der Waals surface area contributed by atoms with Crippen LogP contribution in [0.1, 0.15) is 22.6 Å². The van der Waals surface area contributed by atoms with Gasteiger partial charge in [-0.15, -0.1) is 0 Å². The lowest BCUT2D eigenvalue weighted by Crippen LogP contribution is -2.50. The van der Waals surface area contributed by atoms with Crippen LogP contribution in [0, 0.1) is 19.7 Å². The fourth-order valence-electron chi connectivity index (χ4n) is 5.10. The molecule has 214 valence electrons. The number of benzene rings is 3. The van der Waals surface area contributed by atoms with Crippen molar-refractivity contribution in [1.29, 1.82) is 0 Å². The van der Waals surface area contributed by atoms with Crippen molar-refractivity contribution >= 4 is 34.4 Å². The third-order valence-corrected chi connectivity index (χ3v) is 7.64. The Hall–Kier alpha value is -4.50. The topological polar surface area (TPSA) is 76.4 Å². The van der Waals surface area contributed by atoms with E-state index in [0.29, 0.717) is 54.8 Å². The van der Waals surface area contributed by atoms with E-state index >= 15 is 0 Å². The van der Waals surface area contributed by atoms with Crippen LogP contribution >= 0.6 is 11.6 Å². The third-order valence-electron chi connectivity index (χ3n) is 7.39. The van der Waals surface area contributed by atoms with Gasteiger partial charge in [-0.2, -0.15) is 5.10 Å². The average molecular weight is 585 g/mol. The summed E-state index contributed by atoms with van der Waals surface area (Å²) < 4.78 is 21.1. The minimum atomic E-state index is -0.312. The van der Waals surface area contributed by atoms with Crippen molar-refractivity contribution in [3.05, 3.63) is 106 Å². The van der Waals surface area contributed by atoms with Crippen molar-refractivity contribution in [2.45, 2.75) is 20.3 Å². The first-order chi connectivity index (χ1) is 20.3. The Labute approximate surface area is 248 Å². The smallest absolute Gasteiger partial charge is 0.260 e. The maximum absolute atomic E-state index is 13.7. The molecule has 1 saturated heterocycles. The molecular weight excluding hydrogens is 555 g/mol. The number of aromatic nitrogens is 4. The van der Waals surface area contributed by atoms with E-state index in [-0.39, 0.29) is 18.3 Å². The van der Waals surface area contributed by atoms with Gasteiger partial charge in [0.2, 0.25) is 0 Å². The molecule has 0 atom stereocenters. The monoisotopic (exact) mass is 584 g/mol. The Morgan fingerprint density at radius 3 is 2.29 bits per heavy atom. The largest absolute Gasteiger partial charge is 0.484 e. The molecule has 3 heterocycles. The van der Waals surface area contributed by atoms with Gasteiger partial charge in [-0.25, -0.2) is 19.0 Å². The number of piperazine rings is 1. The molecule has 42 heavy (non-hydrogen) atoms. The zero-order valence-electron chi connectivity index (χ0n) is 23.4. The number of nitrogens with zero attached hydrogens (tertiary/aromatic N) is 6. The van der Waals surface area contributed by atoms with Gasteiger partial charge in [-0.05, 0) is 67.9 Å². The number of ether oxygens (including phenoxy) is 1. The van der Waals surface area contributed by atoms with Crippen LogP contribution in [0.3, 0.4) is 0 Å². The molecule has 0 bridgehead atoms. The Morgan fingerprint density at radius 2 is 1.60 bits per heavy atom. The molecule has 1 fully saturated rings. The second-order valence-electron chi connectivity index (χ2n) is 10.4. The molecule has 5 aromatic rings. The van der Waals surface area contributed by atoms with E-state index in [1.807, 2.05) is 11.8 Å². The molecule has 1 amide bonds. The molecule has 10 heteroatoms. The average Bonchev–Trinajstić information content (AvgIpc) is 3.34. The SMILES string of the molecule is Cc1ccc(Cc2nc(N3CCN(C(=O)COc4ccc(Cl)cc4)CC3)c3c(C)nn(-c4ccc(F)cc4)c3n2)cc1. The normalized spacial score (nSPS) is 13.5. The van der Waals surface area contributed by atoms with Crippen molar-refractivity contribution < 1.29 is 13.9 Å². The van der Waals surface area contributed by atoms with E-state index in [1.54, 1.807) is 41.1 Å². The lowest BCUT2D eigenvalue weighted by atomic mass is 10.1. The summed E-state index contributed by atoms with van der Waals surface area (Å²) in [5.41, 5.74) is 4.46. The van der Waals surface area contributed by atoms with E-state index in [1.165, 1.54) is 17.7 Å². The minimum absolute atomic E-state index is 0.0381. The molecule has 0 saturated carbocycles. The highest BCUT2D eigenvalue weighted by Gasteiger charge is 2.26. The summed E-state index contributed by atoms with van der Waals surface area (Å²) in [5, 5.41) is 6.24. The predicted molar refractivity (Wildman–Crippen MR) is 161 cm³/mol. The lowest BCUT2D eigenvalue weighted by Gasteiger charge is -2.35. The zero-order chi connectivity index (χ0) is 29.2. The van der Waals surface area contributed by atoms with Gasteiger partial charge in [0.25, 0.3) is 5.91 Å². The summed E-state index contributed by atoms with van der Waals surface area (Å²) in [6.07, 6.45) is 0.553. The number of carbonyl (C=O) groups excluding carboxylic acids is 1. The summed E-state index contributed by atoms with van der Waals surface area (Å²) >= 11 is 5.94. The van der Waals surface area contributed by atoms with Crippen LogP contribution < -0.4 is 9.64 Å². The maximum atomic E-state index is 13.7. The summed E-state index contributed by atoms with van der Waals surface area (Å²) in [4.78, 5) is 26.9. The summed E-state index contributed by atoms with van der Waals surface area (Å²) in [6.45, 7) is 6.22. The van der Waals surface area contributed by atoms with Gasteiger partial charge >= 0.3 is 0 Å². The molecule has 3 aromatic carbocycles. The van der Waals surface area contributed by atoms with Gasteiger partial charge < -0.3 is 14.5 Å². The number of aryl methyl sites for hydroxylation is 2. The van der Waals surface area contributed by atoms with Gasteiger partial charge in [-0.1, -0.05) is 41.4 Å². The van der Waals surface area contributed by atoms with Crippen LogP contribution in [0.15, 0.2) is 72.8 Å². The fraction of sp³-hybridized carbons (Fsp3) is 0.250. The Balaban J connectivity index is 1.27. The molecule has 6 rings (SSSR count). The Morgan fingerprint density at radius 1 is 0.905 bits per heavy atom. The van der Waals surface area contributed by atoms with Crippen molar-refractivity contribution in [3.63, 3.8) is 0 Å². The molecule has 0 aliphatic carbocycles. The number of hydrogen-bond donors (Lipinski definition) is 0. The number of halogens is 2.